The van der Waals surface area contributed by atoms with Gasteiger partial charge in [0.05, 0.1) is 18.5 Å². The fraction of sp³-hybridized carbons (Fsp3) is 0.350. The number of carbonyl (C=O) groups excluding carboxylic acids is 1. The molecule has 0 fully saturated rings. The molecule has 0 aliphatic heterocycles. The predicted molar refractivity (Wildman–Crippen MR) is 108 cm³/mol. The van der Waals surface area contributed by atoms with Gasteiger partial charge in [0.15, 0.2) is 0 Å². The molecule has 1 N–H and O–H groups in total. The summed E-state index contributed by atoms with van der Waals surface area (Å²) in [4.78, 5) is 12.5. The molecule has 152 valence electrons. The lowest BCUT2D eigenvalue weighted by atomic mass is 10.1. The van der Waals surface area contributed by atoms with Crippen molar-refractivity contribution >= 4 is 21.6 Å². The third-order valence-electron chi connectivity index (χ3n) is 4.39. The van der Waals surface area contributed by atoms with Crippen LogP contribution in [0.4, 0.5) is 10.1 Å². The fourth-order valence-corrected chi connectivity index (χ4v) is 3.95. The molecule has 0 aromatic heterocycles. The summed E-state index contributed by atoms with van der Waals surface area (Å²) in [5, 5.41) is 2.64. The minimum atomic E-state index is -3.87. The number of anilines is 1. The van der Waals surface area contributed by atoms with Gasteiger partial charge in [-0.2, -0.15) is 0 Å². The number of ether oxygens (including phenoxy) is 1. The quantitative estimate of drug-likeness (QED) is 0.682. The predicted octanol–water partition coefficient (Wildman–Crippen LogP) is 2.79. The third kappa shape index (κ3) is 5.22. The average Bonchev–Trinajstić information content (AvgIpc) is 2.62. The van der Waals surface area contributed by atoms with E-state index in [1.54, 1.807) is 0 Å². The summed E-state index contributed by atoms with van der Waals surface area (Å²) in [6.07, 6.45) is 0.937. The molecular weight excluding hydrogens is 383 g/mol. The Balaban J connectivity index is 2.02. The number of hydrogen-bond acceptors (Lipinski definition) is 4. The first-order valence-corrected chi connectivity index (χ1v) is 10.7. The molecule has 8 heteroatoms. The van der Waals surface area contributed by atoms with Crippen LogP contribution in [0.1, 0.15) is 18.1 Å². The van der Waals surface area contributed by atoms with E-state index in [9.17, 15) is 17.6 Å². The van der Waals surface area contributed by atoms with Crippen molar-refractivity contribution in [2.75, 3.05) is 23.7 Å². The highest BCUT2D eigenvalue weighted by molar-refractivity contribution is 7.92. The van der Waals surface area contributed by atoms with Crippen LogP contribution in [0, 0.1) is 19.7 Å². The molecule has 28 heavy (non-hydrogen) atoms. The maximum absolute atomic E-state index is 14.1. The van der Waals surface area contributed by atoms with E-state index in [4.69, 9.17) is 4.74 Å². The van der Waals surface area contributed by atoms with Gasteiger partial charge < -0.3 is 10.1 Å². The van der Waals surface area contributed by atoms with Gasteiger partial charge in [-0.1, -0.05) is 24.3 Å². The van der Waals surface area contributed by atoms with Crippen molar-refractivity contribution in [2.24, 2.45) is 0 Å². The van der Waals surface area contributed by atoms with Crippen LogP contribution in [0.15, 0.2) is 42.5 Å². The van der Waals surface area contributed by atoms with Gasteiger partial charge in [0.2, 0.25) is 15.9 Å². The first-order chi connectivity index (χ1) is 13.1. The lowest BCUT2D eigenvalue weighted by Gasteiger charge is -2.28. The number of amides is 1. The molecule has 6 nitrogen and oxygen atoms in total. The molecule has 1 amide bonds. The summed E-state index contributed by atoms with van der Waals surface area (Å²) in [6.45, 7) is 5.75. The Labute approximate surface area is 165 Å². The van der Waals surface area contributed by atoms with E-state index in [1.807, 2.05) is 32.0 Å². The van der Waals surface area contributed by atoms with E-state index in [2.05, 4.69) is 5.32 Å². The van der Waals surface area contributed by atoms with Crippen molar-refractivity contribution in [3.63, 3.8) is 0 Å². The second-order valence-electron chi connectivity index (χ2n) is 6.52. The maximum Gasteiger partial charge on any atom is 0.243 e. The Morgan fingerprint density at radius 1 is 1.18 bits per heavy atom. The minimum Gasteiger partial charge on any atom is -0.491 e. The monoisotopic (exact) mass is 408 g/mol. The molecule has 2 aromatic carbocycles. The van der Waals surface area contributed by atoms with E-state index in [-0.39, 0.29) is 18.8 Å². The number of rotatable bonds is 8. The van der Waals surface area contributed by atoms with Gasteiger partial charge in [0.1, 0.15) is 24.2 Å². The SMILES string of the molecule is Cc1cccc(OCCNC(=O)[C@H](C)N(c2ccccc2F)S(C)(=O)=O)c1C. The Morgan fingerprint density at radius 2 is 1.86 bits per heavy atom. The first-order valence-electron chi connectivity index (χ1n) is 8.83. The van der Waals surface area contributed by atoms with Gasteiger partial charge in [-0.25, -0.2) is 12.8 Å². The molecule has 0 unspecified atom stereocenters. The zero-order valence-corrected chi connectivity index (χ0v) is 17.2. The number of carbonyl (C=O) groups is 1. The highest BCUT2D eigenvalue weighted by Gasteiger charge is 2.30. The summed E-state index contributed by atoms with van der Waals surface area (Å²) >= 11 is 0. The van der Waals surface area contributed by atoms with E-state index in [0.717, 1.165) is 33.5 Å². The summed E-state index contributed by atoms with van der Waals surface area (Å²) in [6, 6.07) is 10.0. The van der Waals surface area contributed by atoms with Crippen molar-refractivity contribution in [3.05, 3.63) is 59.4 Å². The van der Waals surface area contributed by atoms with Crippen LogP contribution in [0.3, 0.4) is 0 Å². The van der Waals surface area contributed by atoms with E-state index < -0.39 is 27.8 Å². The van der Waals surface area contributed by atoms with Crippen LogP contribution in [0.2, 0.25) is 0 Å². The van der Waals surface area contributed by atoms with Gasteiger partial charge in [0.25, 0.3) is 0 Å². The number of benzene rings is 2. The fourth-order valence-electron chi connectivity index (χ4n) is 2.77. The number of aryl methyl sites for hydroxylation is 1. The third-order valence-corrected chi connectivity index (χ3v) is 5.62. The number of para-hydroxylation sites is 1. The lowest BCUT2D eigenvalue weighted by Crippen LogP contribution is -2.48. The van der Waals surface area contributed by atoms with Crippen molar-refractivity contribution in [2.45, 2.75) is 26.8 Å². The minimum absolute atomic E-state index is 0.167. The largest absolute Gasteiger partial charge is 0.491 e. The number of sulfonamides is 1. The summed E-state index contributed by atoms with van der Waals surface area (Å²) in [7, 11) is -3.87. The second kappa shape index (κ2) is 9.05. The van der Waals surface area contributed by atoms with Gasteiger partial charge in [-0.05, 0) is 50.1 Å². The molecule has 0 radical (unpaired) electrons. The van der Waals surface area contributed by atoms with Crippen LogP contribution in [-0.4, -0.2) is 39.8 Å². The normalized spacial score (nSPS) is 12.3. The molecule has 2 rings (SSSR count). The standard InChI is InChI=1S/C20H25FN2O4S/c1-14-8-7-11-19(15(14)2)27-13-12-22-20(24)16(3)23(28(4,25)26)18-10-6-5-9-17(18)21/h5-11,16H,12-13H2,1-4H3,(H,22,24)/t16-/m0/s1. The molecule has 0 heterocycles. The summed E-state index contributed by atoms with van der Waals surface area (Å²) in [5.41, 5.74) is 1.95. The molecule has 0 spiro atoms. The topological polar surface area (TPSA) is 75.7 Å². The highest BCUT2D eigenvalue weighted by atomic mass is 32.2. The van der Waals surface area contributed by atoms with Crippen molar-refractivity contribution < 1.29 is 22.3 Å². The lowest BCUT2D eigenvalue weighted by molar-refractivity contribution is -0.121. The Hall–Kier alpha value is -2.61. The molecule has 2 aromatic rings. The first kappa shape index (κ1) is 21.7. The average molecular weight is 408 g/mol. The van der Waals surface area contributed by atoms with E-state index in [0.29, 0.717) is 0 Å². The zero-order valence-electron chi connectivity index (χ0n) is 16.4. The maximum atomic E-state index is 14.1. The van der Waals surface area contributed by atoms with Crippen LogP contribution < -0.4 is 14.4 Å². The van der Waals surface area contributed by atoms with E-state index in [1.165, 1.54) is 25.1 Å². The van der Waals surface area contributed by atoms with Crippen LogP contribution in [-0.2, 0) is 14.8 Å². The van der Waals surface area contributed by atoms with Gasteiger partial charge >= 0.3 is 0 Å². The second-order valence-corrected chi connectivity index (χ2v) is 8.38. The molecule has 0 aliphatic rings. The summed E-state index contributed by atoms with van der Waals surface area (Å²) < 4.78 is 44.9. The number of halogens is 1. The Bertz CT molecular complexity index is 947. The number of nitrogens with one attached hydrogen (secondary N) is 1. The Morgan fingerprint density at radius 3 is 2.50 bits per heavy atom. The number of nitrogens with zero attached hydrogens (tertiary/aromatic N) is 1. The smallest absolute Gasteiger partial charge is 0.243 e. The molecule has 1 atom stereocenters. The highest BCUT2D eigenvalue weighted by Crippen LogP contribution is 2.24. The summed E-state index contributed by atoms with van der Waals surface area (Å²) in [5.74, 6) is -0.532. The van der Waals surface area contributed by atoms with Crippen molar-refractivity contribution in [1.29, 1.82) is 0 Å². The van der Waals surface area contributed by atoms with Crippen LogP contribution >= 0.6 is 0 Å². The van der Waals surface area contributed by atoms with Crippen LogP contribution in [0.5, 0.6) is 5.75 Å². The van der Waals surface area contributed by atoms with Gasteiger partial charge in [-0.15, -0.1) is 0 Å². The van der Waals surface area contributed by atoms with Crippen LogP contribution in [0.25, 0.3) is 0 Å². The van der Waals surface area contributed by atoms with Crippen molar-refractivity contribution in [1.82, 2.24) is 5.32 Å². The number of hydrogen-bond donors (Lipinski definition) is 1. The molecule has 0 aliphatic carbocycles. The molecular formula is C20H25FN2O4S. The Kier molecular flexibility index (Phi) is 7.01. The molecule has 0 saturated heterocycles. The van der Waals surface area contributed by atoms with Gasteiger partial charge in [-0.3, -0.25) is 9.10 Å². The zero-order chi connectivity index (χ0) is 20.9. The van der Waals surface area contributed by atoms with Crippen molar-refractivity contribution in [3.8, 4) is 5.75 Å². The van der Waals surface area contributed by atoms with Gasteiger partial charge in [0, 0.05) is 0 Å². The molecule has 0 bridgehead atoms. The molecule has 0 saturated carbocycles. The van der Waals surface area contributed by atoms with E-state index >= 15 is 0 Å².